The van der Waals surface area contributed by atoms with E-state index in [1.165, 1.54) is 12.1 Å². The number of hydrogen-bond acceptors (Lipinski definition) is 4. The van der Waals surface area contributed by atoms with Gasteiger partial charge in [0, 0.05) is 36.3 Å². The molecule has 0 spiro atoms. The van der Waals surface area contributed by atoms with Gasteiger partial charge >= 0.3 is 0 Å². The summed E-state index contributed by atoms with van der Waals surface area (Å²) in [7, 11) is 0. The van der Waals surface area contributed by atoms with E-state index < -0.39 is 0 Å². The van der Waals surface area contributed by atoms with Crippen molar-refractivity contribution < 1.29 is 9.18 Å². The van der Waals surface area contributed by atoms with Crippen LogP contribution < -0.4 is 10.3 Å². The zero-order valence-electron chi connectivity index (χ0n) is 14.2. The molecule has 1 fully saturated rings. The molecule has 1 aliphatic heterocycles. The molecule has 3 rings (SSSR count). The van der Waals surface area contributed by atoms with Crippen LogP contribution in [0.25, 0.3) is 0 Å². The fourth-order valence-electron chi connectivity index (χ4n) is 2.78. The molecule has 1 heterocycles. The van der Waals surface area contributed by atoms with Gasteiger partial charge in [0.2, 0.25) is 0 Å². The first-order chi connectivity index (χ1) is 12.6. The third-order valence-corrected chi connectivity index (χ3v) is 4.73. The van der Waals surface area contributed by atoms with E-state index in [4.69, 9.17) is 0 Å². The van der Waals surface area contributed by atoms with E-state index in [2.05, 4.69) is 36.3 Å². The Kier molecular flexibility index (Phi) is 6.35. The molecule has 1 saturated heterocycles. The summed E-state index contributed by atoms with van der Waals surface area (Å²) >= 11 is 3.37. The van der Waals surface area contributed by atoms with E-state index in [0.717, 1.165) is 41.9 Å². The van der Waals surface area contributed by atoms with E-state index in [-0.39, 0.29) is 11.7 Å². The Morgan fingerprint density at radius 3 is 2.38 bits per heavy atom. The molecule has 0 bridgehead atoms. The summed E-state index contributed by atoms with van der Waals surface area (Å²) in [6, 6.07) is 14.2. The highest BCUT2D eigenvalue weighted by molar-refractivity contribution is 9.10. The predicted octanol–water partition coefficient (Wildman–Crippen LogP) is 2.86. The van der Waals surface area contributed by atoms with Crippen LogP contribution in [0.4, 0.5) is 10.1 Å². The number of benzene rings is 2. The van der Waals surface area contributed by atoms with Crippen LogP contribution >= 0.6 is 15.9 Å². The van der Waals surface area contributed by atoms with Crippen molar-refractivity contribution in [1.82, 2.24) is 10.3 Å². The van der Waals surface area contributed by atoms with Crippen molar-refractivity contribution in [2.24, 2.45) is 5.10 Å². The molecule has 0 radical (unpaired) electrons. The lowest BCUT2D eigenvalue weighted by Crippen LogP contribution is -2.49. The van der Waals surface area contributed by atoms with Crippen molar-refractivity contribution in [1.29, 1.82) is 0 Å². The lowest BCUT2D eigenvalue weighted by Gasteiger charge is -2.35. The second-order valence-corrected chi connectivity index (χ2v) is 7.00. The molecule has 7 heteroatoms. The summed E-state index contributed by atoms with van der Waals surface area (Å²) in [4.78, 5) is 16.3. The number of carbonyl (C=O) groups is 1. The SMILES string of the molecule is O=C(CN1CCN(c2ccc(F)cc2)CC1)N/N=C/c1ccc(Br)cc1. The Labute approximate surface area is 160 Å². The molecule has 5 nitrogen and oxygen atoms in total. The summed E-state index contributed by atoms with van der Waals surface area (Å²) in [5.41, 5.74) is 4.49. The topological polar surface area (TPSA) is 47.9 Å². The Morgan fingerprint density at radius 2 is 1.73 bits per heavy atom. The first-order valence-electron chi connectivity index (χ1n) is 8.40. The van der Waals surface area contributed by atoms with Gasteiger partial charge in [-0.15, -0.1) is 0 Å². The highest BCUT2D eigenvalue weighted by Crippen LogP contribution is 2.16. The van der Waals surface area contributed by atoms with Gasteiger partial charge in [-0.3, -0.25) is 9.69 Å². The molecule has 0 saturated carbocycles. The van der Waals surface area contributed by atoms with Gasteiger partial charge in [0.1, 0.15) is 5.82 Å². The molecule has 0 atom stereocenters. The zero-order valence-corrected chi connectivity index (χ0v) is 15.8. The minimum atomic E-state index is -0.229. The summed E-state index contributed by atoms with van der Waals surface area (Å²) in [6.07, 6.45) is 1.62. The van der Waals surface area contributed by atoms with Crippen molar-refractivity contribution in [2.75, 3.05) is 37.6 Å². The van der Waals surface area contributed by atoms with Crippen molar-refractivity contribution in [3.63, 3.8) is 0 Å². The highest BCUT2D eigenvalue weighted by atomic mass is 79.9. The minimum absolute atomic E-state index is 0.131. The Bertz CT molecular complexity index is 756. The highest BCUT2D eigenvalue weighted by Gasteiger charge is 2.19. The number of anilines is 1. The molecular weight excluding hydrogens is 399 g/mol. The number of nitrogens with zero attached hydrogens (tertiary/aromatic N) is 3. The molecule has 1 amide bonds. The zero-order chi connectivity index (χ0) is 18.4. The number of hydrogen-bond donors (Lipinski definition) is 1. The summed E-state index contributed by atoms with van der Waals surface area (Å²) in [5.74, 6) is -0.360. The van der Waals surface area contributed by atoms with Crippen LogP contribution in [0.3, 0.4) is 0 Å². The first-order valence-corrected chi connectivity index (χ1v) is 9.20. The Morgan fingerprint density at radius 1 is 1.08 bits per heavy atom. The van der Waals surface area contributed by atoms with Crippen LogP contribution in [0.2, 0.25) is 0 Å². The summed E-state index contributed by atoms with van der Waals surface area (Å²) in [6.45, 7) is 3.49. The molecule has 136 valence electrons. The van der Waals surface area contributed by atoms with Gasteiger partial charge < -0.3 is 4.90 Å². The van der Waals surface area contributed by atoms with E-state index >= 15 is 0 Å². The third kappa shape index (κ3) is 5.37. The monoisotopic (exact) mass is 418 g/mol. The van der Waals surface area contributed by atoms with Crippen LogP contribution in [0.1, 0.15) is 5.56 Å². The average Bonchev–Trinajstić information content (AvgIpc) is 2.65. The molecule has 0 aromatic heterocycles. The smallest absolute Gasteiger partial charge is 0.254 e. The number of piperazine rings is 1. The number of rotatable bonds is 5. The predicted molar refractivity (Wildman–Crippen MR) is 105 cm³/mol. The van der Waals surface area contributed by atoms with Crippen molar-refractivity contribution >= 4 is 33.7 Å². The van der Waals surface area contributed by atoms with Gasteiger partial charge in [-0.1, -0.05) is 28.1 Å². The molecule has 26 heavy (non-hydrogen) atoms. The van der Waals surface area contributed by atoms with Crippen molar-refractivity contribution in [3.8, 4) is 0 Å². The lowest BCUT2D eigenvalue weighted by atomic mass is 10.2. The number of carbonyl (C=O) groups excluding carboxylic acids is 1. The lowest BCUT2D eigenvalue weighted by molar-refractivity contribution is -0.122. The van der Waals surface area contributed by atoms with Gasteiger partial charge in [0.15, 0.2) is 0 Å². The molecule has 1 aliphatic rings. The third-order valence-electron chi connectivity index (χ3n) is 4.20. The van der Waals surface area contributed by atoms with Crippen molar-refractivity contribution in [3.05, 3.63) is 64.4 Å². The minimum Gasteiger partial charge on any atom is -0.369 e. The van der Waals surface area contributed by atoms with Crippen LogP contribution in [0.15, 0.2) is 58.1 Å². The fourth-order valence-corrected chi connectivity index (χ4v) is 3.05. The van der Waals surface area contributed by atoms with Crippen LogP contribution in [-0.4, -0.2) is 49.7 Å². The second-order valence-electron chi connectivity index (χ2n) is 6.08. The number of amides is 1. The van der Waals surface area contributed by atoms with Crippen molar-refractivity contribution in [2.45, 2.75) is 0 Å². The molecule has 1 N–H and O–H groups in total. The summed E-state index contributed by atoms with van der Waals surface area (Å²) < 4.78 is 14.0. The van der Waals surface area contributed by atoms with Gasteiger partial charge in [-0.2, -0.15) is 5.10 Å². The Hall–Kier alpha value is -2.25. The first kappa shape index (κ1) is 18.5. The summed E-state index contributed by atoms with van der Waals surface area (Å²) in [5, 5.41) is 4.00. The molecule has 2 aromatic carbocycles. The van der Waals surface area contributed by atoms with Gasteiger partial charge in [-0.05, 0) is 42.0 Å². The largest absolute Gasteiger partial charge is 0.369 e. The second kappa shape index (κ2) is 8.91. The maximum absolute atomic E-state index is 13.0. The fraction of sp³-hybridized carbons (Fsp3) is 0.263. The van der Waals surface area contributed by atoms with E-state index in [1.54, 1.807) is 18.3 Å². The quantitative estimate of drug-likeness (QED) is 0.599. The normalized spacial score (nSPS) is 15.4. The van der Waals surface area contributed by atoms with Crippen LogP contribution in [0.5, 0.6) is 0 Å². The van der Waals surface area contributed by atoms with E-state index in [9.17, 15) is 9.18 Å². The van der Waals surface area contributed by atoms with Gasteiger partial charge in [0.05, 0.1) is 12.8 Å². The Balaban J connectivity index is 1.41. The van der Waals surface area contributed by atoms with E-state index in [0.29, 0.717) is 6.54 Å². The molecule has 0 unspecified atom stereocenters. The average molecular weight is 419 g/mol. The van der Waals surface area contributed by atoms with Gasteiger partial charge in [-0.25, -0.2) is 9.82 Å². The van der Waals surface area contributed by atoms with E-state index in [1.807, 2.05) is 24.3 Å². The maximum Gasteiger partial charge on any atom is 0.254 e. The number of halogens is 2. The maximum atomic E-state index is 13.0. The van der Waals surface area contributed by atoms with Crippen LogP contribution in [-0.2, 0) is 4.79 Å². The number of nitrogens with one attached hydrogen (secondary N) is 1. The van der Waals surface area contributed by atoms with Gasteiger partial charge in [0.25, 0.3) is 5.91 Å². The standard InChI is InChI=1S/C19H20BrFN4O/c20-16-3-1-15(2-4-16)13-22-23-19(26)14-24-9-11-25(12-10-24)18-7-5-17(21)6-8-18/h1-8,13H,9-12,14H2,(H,23,26)/b22-13+. The number of hydrazone groups is 1. The molecule has 2 aromatic rings. The van der Waals surface area contributed by atoms with Crippen LogP contribution in [0, 0.1) is 5.82 Å². The molecule has 0 aliphatic carbocycles. The molecular formula is C19H20BrFN4O.